The third-order valence-electron chi connectivity index (χ3n) is 2.27. The number of hydrogen-bond donors (Lipinski definition) is 2. The number of hydrogen-bond acceptors (Lipinski definition) is 2. The highest BCUT2D eigenvalue weighted by molar-refractivity contribution is 9.13. The second-order valence-electron chi connectivity index (χ2n) is 3.59. The molecular weight excluding hydrogens is 360 g/mol. The van der Waals surface area contributed by atoms with Crippen LogP contribution in [-0.2, 0) is 6.42 Å². The highest BCUT2D eigenvalue weighted by atomic mass is 79.9. The van der Waals surface area contributed by atoms with Gasteiger partial charge in [-0.15, -0.1) is 0 Å². The van der Waals surface area contributed by atoms with Gasteiger partial charge in [-0.05, 0) is 68.1 Å². The first-order valence-corrected chi connectivity index (χ1v) is 7.04. The predicted molar refractivity (Wildman–Crippen MR) is 81.0 cm³/mol. The summed E-state index contributed by atoms with van der Waals surface area (Å²) in [6.07, 6.45) is 0.869. The van der Waals surface area contributed by atoms with Crippen LogP contribution in [0.15, 0.2) is 51.4 Å². The second-order valence-corrected chi connectivity index (χ2v) is 5.30. The minimum atomic E-state index is -0.0581. The Morgan fingerprint density at radius 2 is 1.44 bits per heavy atom. The molecule has 0 fully saturated rings. The van der Waals surface area contributed by atoms with Gasteiger partial charge in [-0.3, -0.25) is 0 Å². The smallest absolute Gasteiger partial charge is 0.157 e. The molecule has 4 heteroatoms. The van der Waals surface area contributed by atoms with Gasteiger partial charge in [-0.25, -0.2) is 0 Å². The molecular formula is C14H14Br2O2. The van der Waals surface area contributed by atoms with Crippen molar-refractivity contribution in [3.05, 3.63) is 57.0 Å². The van der Waals surface area contributed by atoms with Gasteiger partial charge in [0, 0.05) is 8.95 Å². The van der Waals surface area contributed by atoms with E-state index in [4.69, 9.17) is 10.2 Å². The quantitative estimate of drug-likeness (QED) is 0.700. The molecule has 2 aromatic carbocycles. The predicted octanol–water partition coefficient (Wildman–Crippen LogP) is 4.87. The number of phenols is 2. The molecule has 0 heterocycles. The SMILES string of the molecule is Brc1ccccc1Br.CCc1ccc(O)c(O)c1. The van der Waals surface area contributed by atoms with E-state index in [2.05, 4.69) is 31.9 Å². The lowest BCUT2D eigenvalue weighted by atomic mass is 10.1. The van der Waals surface area contributed by atoms with Crippen molar-refractivity contribution < 1.29 is 10.2 Å². The number of benzene rings is 2. The fraction of sp³-hybridized carbons (Fsp3) is 0.143. The van der Waals surface area contributed by atoms with Crippen molar-refractivity contribution in [2.24, 2.45) is 0 Å². The number of halogens is 2. The zero-order valence-corrected chi connectivity index (χ0v) is 13.1. The van der Waals surface area contributed by atoms with E-state index in [1.54, 1.807) is 12.1 Å². The third kappa shape index (κ3) is 4.70. The van der Waals surface area contributed by atoms with E-state index in [0.717, 1.165) is 20.9 Å². The molecule has 0 radical (unpaired) electrons. The van der Waals surface area contributed by atoms with Crippen LogP contribution in [0.3, 0.4) is 0 Å². The molecule has 0 unspecified atom stereocenters. The molecule has 2 aromatic rings. The number of aryl methyl sites for hydroxylation is 1. The zero-order chi connectivity index (χ0) is 13.5. The van der Waals surface area contributed by atoms with Gasteiger partial charge in [-0.1, -0.05) is 25.1 Å². The Morgan fingerprint density at radius 1 is 0.889 bits per heavy atom. The van der Waals surface area contributed by atoms with Crippen LogP contribution in [0.5, 0.6) is 11.5 Å². The molecule has 0 saturated carbocycles. The average Bonchev–Trinajstić information content (AvgIpc) is 2.37. The highest BCUT2D eigenvalue weighted by Gasteiger charge is 1.97. The van der Waals surface area contributed by atoms with Crippen LogP contribution in [-0.4, -0.2) is 10.2 Å². The summed E-state index contributed by atoms with van der Waals surface area (Å²) in [6, 6.07) is 12.8. The van der Waals surface area contributed by atoms with Crippen LogP contribution in [0, 0.1) is 0 Å². The topological polar surface area (TPSA) is 40.5 Å². The van der Waals surface area contributed by atoms with Gasteiger partial charge in [0.1, 0.15) is 0 Å². The maximum atomic E-state index is 8.98. The first-order valence-electron chi connectivity index (χ1n) is 5.45. The van der Waals surface area contributed by atoms with E-state index < -0.39 is 0 Å². The molecule has 0 atom stereocenters. The van der Waals surface area contributed by atoms with Gasteiger partial charge in [0.2, 0.25) is 0 Å². The first kappa shape index (κ1) is 15.1. The maximum absolute atomic E-state index is 8.98. The van der Waals surface area contributed by atoms with Crippen molar-refractivity contribution >= 4 is 31.9 Å². The molecule has 0 saturated heterocycles. The summed E-state index contributed by atoms with van der Waals surface area (Å²) < 4.78 is 2.19. The summed E-state index contributed by atoms with van der Waals surface area (Å²) in [7, 11) is 0. The van der Waals surface area contributed by atoms with Crippen LogP contribution in [0.4, 0.5) is 0 Å². The van der Waals surface area contributed by atoms with E-state index >= 15 is 0 Å². The van der Waals surface area contributed by atoms with Gasteiger partial charge in [-0.2, -0.15) is 0 Å². The first-order chi connectivity index (χ1) is 8.54. The largest absolute Gasteiger partial charge is 0.504 e. The summed E-state index contributed by atoms with van der Waals surface area (Å²) in [4.78, 5) is 0. The molecule has 0 bridgehead atoms. The molecule has 96 valence electrons. The van der Waals surface area contributed by atoms with E-state index in [0.29, 0.717) is 0 Å². The van der Waals surface area contributed by atoms with Crippen LogP contribution in [0.25, 0.3) is 0 Å². The summed E-state index contributed by atoms with van der Waals surface area (Å²) >= 11 is 6.70. The monoisotopic (exact) mass is 372 g/mol. The fourth-order valence-corrected chi connectivity index (χ4v) is 1.80. The number of rotatable bonds is 1. The highest BCUT2D eigenvalue weighted by Crippen LogP contribution is 2.24. The average molecular weight is 374 g/mol. The molecule has 0 aliphatic heterocycles. The van der Waals surface area contributed by atoms with Crippen molar-refractivity contribution in [3.63, 3.8) is 0 Å². The lowest BCUT2D eigenvalue weighted by Gasteiger charge is -1.98. The maximum Gasteiger partial charge on any atom is 0.157 e. The van der Waals surface area contributed by atoms with Crippen molar-refractivity contribution in [2.45, 2.75) is 13.3 Å². The standard InChI is InChI=1S/C8H10O2.C6H4Br2/c1-2-6-3-4-7(9)8(10)5-6;7-5-3-1-2-4-6(5)8/h3-5,9-10H,2H2,1H3;1-4H. The molecule has 0 aliphatic rings. The summed E-state index contributed by atoms with van der Waals surface area (Å²) in [5, 5.41) is 17.9. The van der Waals surface area contributed by atoms with Gasteiger partial charge >= 0.3 is 0 Å². The Morgan fingerprint density at radius 3 is 1.83 bits per heavy atom. The number of phenolic OH excluding ortho intramolecular Hbond substituents is 2. The molecule has 2 N–H and O–H groups in total. The normalized spacial score (nSPS) is 9.50. The fourth-order valence-electron chi connectivity index (χ4n) is 1.23. The van der Waals surface area contributed by atoms with Crippen LogP contribution < -0.4 is 0 Å². The summed E-state index contributed by atoms with van der Waals surface area (Å²) in [5.74, 6) is -0.100. The van der Waals surface area contributed by atoms with Gasteiger partial charge in [0.25, 0.3) is 0 Å². The Balaban J connectivity index is 0.000000184. The molecule has 0 aliphatic carbocycles. The minimum Gasteiger partial charge on any atom is -0.504 e. The molecule has 18 heavy (non-hydrogen) atoms. The Bertz CT molecular complexity index is 492. The lowest BCUT2D eigenvalue weighted by molar-refractivity contribution is 0.403. The van der Waals surface area contributed by atoms with Crippen molar-refractivity contribution in [2.75, 3.05) is 0 Å². The van der Waals surface area contributed by atoms with E-state index in [1.807, 2.05) is 31.2 Å². The number of aromatic hydroxyl groups is 2. The Labute approximate surface area is 124 Å². The van der Waals surface area contributed by atoms with Gasteiger partial charge < -0.3 is 10.2 Å². The summed E-state index contributed by atoms with van der Waals surface area (Å²) in [6.45, 7) is 1.99. The minimum absolute atomic E-state index is 0.0423. The second kappa shape index (κ2) is 7.44. The van der Waals surface area contributed by atoms with E-state index in [1.165, 1.54) is 6.07 Å². The molecule has 2 nitrogen and oxygen atoms in total. The molecule has 0 aromatic heterocycles. The van der Waals surface area contributed by atoms with Crippen LogP contribution in [0.2, 0.25) is 0 Å². The van der Waals surface area contributed by atoms with Crippen molar-refractivity contribution in [3.8, 4) is 11.5 Å². The molecule has 2 rings (SSSR count). The Kier molecular flexibility index (Phi) is 6.22. The van der Waals surface area contributed by atoms with Gasteiger partial charge in [0.15, 0.2) is 11.5 Å². The lowest BCUT2D eigenvalue weighted by Crippen LogP contribution is -1.77. The van der Waals surface area contributed by atoms with E-state index in [9.17, 15) is 0 Å². The zero-order valence-electron chi connectivity index (χ0n) is 9.90. The molecule has 0 spiro atoms. The summed E-state index contributed by atoms with van der Waals surface area (Å²) in [5.41, 5.74) is 1.02. The van der Waals surface area contributed by atoms with Crippen LogP contribution in [0.1, 0.15) is 12.5 Å². The van der Waals surface area contributed by atoms with Crippen molar-refractivity contribution in [1.29, 1.82) is 0 Å². The third-order valence-corrected chi connectivity index (χ3v) is 4.19. The van der Waals surface area contributed by atoms with E-state index in [-0.39, 0.29) is 11.5 Å². The molecule has 0 amide bonds. The van der Waals surface area contributed by atoms with Crippen molar-refractivity contribution in [1.82, 2.24) is 0 Å². The Hall–Kier alpha value is -1.00. The van der Waals surface area contributed by atoms with Crippen LogP contribution >= 0.6 is 31.9 Å². The van der Waals surface area contributed by atoms with Gasteiger partial charge in [0.05, 0.1) is 0 Å².